The molecule has 0 aliphatic carbocycles. The predicted molar refractivity (Wildman–Crippen MR) is 68.6 cm³/mol. The Labute approximate surface area is 111 Å². The first-order chi connectivity index (χ1) is 9.13. The molecule has 0 saturated carbocycles. The zero-order valence-corrected chi connectivity index (χ0v) is 10.8. The molecular weight excluding hydrogens is 248 g/mol. The molecule has 6 nitrogen and oxygen atoms in total. The average molecular weight is 266 g/mol. The first-order valence-electron chi connectivity index (χ1n) is 6.04. The normalized spacial score (nSPS) is 11.8. The van der Waals surface area contributed by atoms with Gasteiger partial charge in [-0.25, -0.2) is 4.79 Å². The van der Waals surface area contributed by atoms with Crippen LogP contribution >= 0.6 is 0 Å². The molecule has 0 bridgehead atoms. The summed E-state index contributed by atoms with van der Waals surface area (Å²) in [5.74, 6) is -1.35. The fraction of sp³-hybridized carbons (Fsp3) is 0.462. The van der Waals surface area contributed by atoms with E-state index in [1.807, 2.05) is 12.1 Å². The van der Waals surface area contributed by atoms with Crippen molar-refractivity contribution in [1.82, 2.24) is 10.3 Å². The molecular formula is C13H18N2O4. The number of nitrogens with one attached hydrogen (secondary N) is 1. The molecule has 0 saturated heterocycles. The molecule has 0 aliphatic rings. The predicted octanol–water partition coefficient (Wildman–Crippen LogP) is 0.620. The summed E-state index contributed by atoms with van der Waals surface area (Å²) in [5.41, 5.74) is 0.807. The van der Waals surface area contributed by atoms with Crippen LogP contribution in [-0.2, 0) is 20.7 Å². The Hall–Kier alpha value is -1.95. The monoisotopic (exact) mass is 266 g/mol. The summed E-state index contributed by atoms with van der Waals surface area (Å²) in [6.07, 6.45) is 2.62. The number of aromatic nitrogens is 1. The van der Waals surface area contributed by atoms with E-state index in [9.17, 15) is 9.59 Å². The van der Waals surface area contributed by atoms with E-state index in [2.05, 4.69) is 10.3 Å². The zero-order chi connectivity index (χ0) is 14.1. The fourth-order valence-corrected chi connectivity index (χ4v) is 1.55. The highest BCUT2D eigenvalue weighted by atomic mass is 16.5. The van der Waals surface area contributed by atoms with E-state index in [0.29, 0.717) is 6.42 Å². The maximum Gasteiger partial charge on any atom is 0.326 e. The molecule has 1 rings (SSSR count). The van der Waals surface area contributed by atoms with Crippen molar-refractivity contribution in [3.8, 4) is 0 Å². The Morgan fingerprint density at radius 1 is 1.47 bits per heavy atom. The molecule has 19 heavy (non-hydrogen) atoms. The number of nitrogens with zero attached hydrogens (tertiary/aromatic N) is 1. The van der Waals surface area contributed by atoms with E-state index in [4.69, 9.17) is 9.84 Å². The lowest BCUT2D eigenvalue weighted by Crippen LogP contribution is -2.41. The lowest BCUT2D eigenvalue weighted by molar-refractivity contribution is -0.142. The van der Waals surface area contributed by atoms with Crippen molar-refractivity contribution >= 4 is 11.9 Å². The van der Waals surface area contributed by atoms with Crippen molar-refractivity contribution in [2.75, 3.05) is 13.7 Å². The Morgan fingerprint density at radius 3 is 2.84 bits per heavy atom. The second-order valence-electron chi connectivity index (χ2n) is 4.06. The quantitative estimate of drug-likeness (QED) is 0.720. The third-order valence-electron chi connectivity index (χ3n) is 2.58. The number of amides is 1. The molecule has 1 amide bonds. The number of aliphatic carboxylic acids is 1. The van der Waals surface area contributed by atoms with E-state index in [0.717, 1.165) is 5.69 Å². The van der Waals surface area contributed by atoms with Crippen LogP contribution in [0.5, 0.6) is 0 Å². The molecule has 0 aliphatic heterocycles. The SMILES string of the molecule is COCCC(NC(=O)CCc1ccccn1)C(=O)O. The number of ether oxygens (including phenoxy) is 1. The molecule has 6 heteroatoms. The number of hydrogen-bond donors (Lipinski definition) is 2. The average Bonchev–Trinajstić information content (AvgIpc) is 2.42. The third kappa shape index (κ3) is 5.96. The van der Waals surface area contributed by atoms with E-state index in [1.54, 1.807) is 12.3 Å². The van der Waals surface area contributed by atoms with Crippen LogP contribution in [0.25, 0.3) is 0 Å². The van der Waals surface area contributed by atoms with Gasteiger partial charge >= 0.3 is 5.97 Å². The van der Waals surface area contributed by atoms with Crippen LogP contribution in [0.3, 0.4) is 0 Å². The number of carboxylic acids is 1. The third-order valence-corrected chi connectivity index (χ3v) is 2.58. The first kappa shape index (κ1) is 15.1. The second kappa shape index (κ2) is 8.20. The Kier molecular flexibility index (Phi) is 6.52. The van der Waals surface area contributed by atoms with Gasteiger partial charge in [0, 0.05) is 38.4 Å². The number of carbonyl (C=O) groups is 2. The van der Waals surface area contributed by atoms with Gasteiger partial charge in [0.05, 0.1) is 0 Å². The summed E-state index contributed by atoms with van der Waals surface area (Å²) in [6, 6.07) is 4.57. The molecule has 1 unspecified atom stereocenters. The van der Waals surface area contributed by atoms with E-state index < -0.39 is 12.0 Å². The van der Waals surface area contributed by atoms with Crippen molar-refractivity contribution in [3.63, 3.8) is 0 Å². The Bertz CT molecular complexity index is 408. The summed E-state index contributed by atoms with van der Waals surface area (Å²) in [5, 5.41) is 11.4. The van der Waals surface area contributed by atoms with Crippen LogP contribution in [0.2, 0.25) is 0 Å². The maximum atomic E-state index is 11.7. The zero-order valence-electron chi connectivity index (χ0n) is 10.8. The molecule has 1 aromatic rings. The molecule has 0 spiro atoms. The van der Waals surface area contributed by atoms with Crippen molar-refractivity contribution < 1.29 is 19.4 Å². The summed E-state index contributed by atoms with van der Waals surface area (Å²) in [6.45, 7) is 0.289. The van der Waals surface area contributed by atoms with Crippen LogP contribution in [0.15, 0.2) is 24.4 Å². The fourth-order valence-electron chi connectivity index (χ4n) is 1.55. The van der Waals surface area contributed by atoms with Gasteiger partial charge in [0.2, 0.25) is 5.91 Å². The van der Waals surface area contributed by atoms with Gasteiger partial charge in [-0.2, -0.15) is 0 Å². The lowest BCUT2D eigenvalue weighted by atomic mass is 10.1. The molecule has 1 atom stereocenters. The number of carbonyl (C=O) groups excluding carboxylic acids is 1. The van der Waals surface area contributed by atoms with Crippen LogP contribution in [0, 0.1) is 0 Å². The number of carboxylic acid groups (broad SMARTS) is 1. The van der Waals surface area contributed by atoms with Gasteiger partial charge in [-0.15, -0.1) is 0 Å². The molecule has 2 N–H and O–H groups in total. The number of hydrogen-bond acceptors (Lipinski definition) is 4. The van der Waals surface area contributed by atoms with Gasteiger partial charge in [-0.3, -0.25) is 9.78 Å². The number of aryl methyl sites for hydroxylation is 1. The lowest BCUT2D eigenvalue weighted by Gasteiger charge is -2.13. The van der Waals surface area contributed by atoms with Crippen LogP contribution in [0.1, 0.15) is 18.5 Å². The molecule has 0 aromatic carbocycles. The van der Waals surface area contributed by atoms with Crippen molar-refractivity contribution in [1.29, 1.82) is 0 Å². The highest BCUT2D eigenvalue weighted by molar-refractivity contribution is 5.83. The molecule has 1 aromatic heterocycles. The summed E-state index contributed by atoms with van der Waals surface area (Å²) >= 11 is 0. The minimum atomic E-state index is -1.05. The van der Waals surface area contributed by atoms with Crippen molar-refractivity contribution in [2.24, 2.45) is 0 Å². The minimum absolute atomic E-state index is 0.216. The number of methoxy groups -OCH3 is 1. The van der Waals surface area contributed by atoms with E-state index in [1.165, 1.54) is 7.11 Å². The van der Waals surface area contributed by atoms with Gasteiger partial charge in [0.15, 0.2) is 0 Å². The molecule has 0 fully saturated rings. The second-order valence-corrected chi connectivity index (χ2v) is 4.06. The smallest absolute Gasteiger partial charge is 0.326 e. The van der Waals surface area contributed by atoms with Gasteiger partial charge in [-0.05, 0) is 18.6 Å². The number of pyridine rings is 1. The van der Waals surface area contributed by atoms with Crippen molar-refractivity contribution in [2.45, 2.75) is 25.3 Å². The summed E-state index contributed by atoms with van der Waals surface area (Å²) < 4.78 is 4.81. The Morgan fingerprint density at radius 2 is 2.26 bits per heavy atom. The largest absolute Gasteiger partial charge is 0.480 e. The standard InChI is InChI=1S/C13H18N2O4/c1-19-9-7-11(13(17)18)15-12(16)6-5-10-4-2-3-8-14-10/h2-4,8,11H,5-7,9H2,1H3,(H,15,16)(H,17,18). The maximum absolute atomic E-state index is 11.7. The summed E-state index contributed by atoms with van der Waals surface area (Å²) in [7, 11) is 1.49. The van der Waals surface area contributed by atoms with Gasteiger partial charge in [-0.1, -0.05) is 6.07 Å². The first-order valence-corrected chi connectivity index (χ1v) is 6.04. The summed E-state index contributed by atoms with van der Waals surface area (Å²) in [4.78, 5) is 26.7. The Balaban J connectivity index is 2.38. The van der Waals surface area contributed by atoms with Gasteiger partial charge in [0.25, 0.3) is 0 Å². The molecule has 104 valence electrons. The topological polar surface area (TPSA) is 88.5 Å². The van der Waals surface area contributed by atoms with Crippen LogP contribution < -0.4 is 5.32 Å². The van der Waals surface area contributed by atoms with E-state index >= 15 is 0 Å². The molecule has 1 heterocycles. The minimum Gasteiger partial charge on any atom is -0.480 e. The molecule has 0 radical (unpaired) electrons. The van der Waals surface area contributed by atoms with Crippen LogP contribution in [0.4, 0.5) is 0 Å². The highest BCUT2D eigenvalue weighted by Crippen LogP contribution is 2.00. The van der Waals surface area contributed by atoms with E-state index in [-0.39, 0.29) is 25.4 Å². The van der Waals surface area contributed by atoms with Gasteiger partial charge < -0.3 is 15.2 Å². The van der Waals surface area contributed by atoms with Gasteiger partial charge in [0.1, 0.15) is 6.04 Å². The number of rotatable bonds is 8. The highest BCUT2D eigenvalue weighted by Gasteiger charge is 2.19. The van der Waals surface area contributed by atoms with Crippen molar-refractivity contribution in [3.05, 3.63) is 30.1 Å². The van der Waals surface area contributed by atoms with Crippen LogP contribution in [-0.4, -0.2) is 41.7 Å².